The van der Waals surface area contributed by atoms with Gasteiger partial charge in [-0.15, -0.1) is 0 Å². The monoisotopic (exact) mass is 347 g/mol. The zero-order valence-corrected chi connectivity index (χ0v) is 12.6. The van der Waals surface area contributed by atoms with Crippen molar-refractivity contribution in [3.63, 3.8) is 0 Å². The Morgan fingerprint density at radius 3 is 2.80 bits per heavy atom. The van der Waals surface area contributed by atoms with Gasteiger partial charge in [-0.1, -0.05) is 13.3 Å². The van der Waals surface area contributed by atoms with Crippen molar-refractivity contribution in [1.29, 1.82) is 0 Å². The van der Waals surface area contributed by atoms with E-state index in [1.165, 1.54) is 0 Å². The van der Waals surface area contributed by atoms with Gasteiger partial charge in [0.25, 0.3) is 5.91 Å². The maximum atomic E-state index is 13.2. The number of carbonyl (C=O) groups excluding carboxylic acids is 1. The van der Waals surface area contributed by atoms with E-state index >= 15 is 0 Å². The van der Waals surface area contributed by atoms with E-state index in [1.807, 2.05) is 6.92 Å². The van der Waals surface area contributed by atoms with E-state index in [0.717, 1.165) is 31.4 Å². The van der Waals surface area contributed by atoms with E-state index in [4.69, 9.17) is 0 Å². The van der Waals surface area contributed by atoms with Crippen LogP contribution in [0.25, 0.3) is 0 Å². The average Bonchev–Trinajstić information content (AvgIpc) is 2.76. The molecule has 1 amide bonds. The topological polar surface area (TPSA) is 49.3 Å². The SMILES string of the molecule is C[C@@]1(CO)CCC[C@@H]1NC(=O)c1cc(F)c(F)cc1Br. The summed E-state index contributed by atoms with van der Waals surface area (Å²) in [7, 11) is 0. The number of hydrogen-bond acceptors (Lipinski definition) is 2. The Hall–Kier alpha value is -1.01. The highest BCUT2D eigenvalue weighted by Crippen LogP contribution is 2.37. The summed E-state index contributed by atoms with van der Waals surface area (Å²) in [5.41, 5.74) is -0.308. The number of nitrogens with one attached hydrogen (secondary N) is 1. The van der Waals surface area contributed by atoms with E-state index in [-0.39, 0.29) is 28.1 Å². The third kappa shape index (κ3) is 2.86. The van der Waals surface area contributed by atoms with Crippen molar-refractivity contribution in [2.45, 2.75) is 32.2 Å². The Morgan fingerprint density at radius 2 is 2.15 bits per heavy atom. The summed E-state index contributed by atoms with van der Waals surface area (Å²) >= 11 is 3.06. The maximum Gasteiger partial charge on any atom is 0.252 e. The second-order valence-corrected chi connectivity index (χ2v) is 6.33. The van der Waals surface area contributed by atoms with Crippen LogP contribution in [0.4, 0.5) is 8.78 Å². The minimum Gasteiger partial charge on any atom is -0.396 e. The molecular weight excluding hydrogens is 332 g/mol. The normalized spacial score (nSPS) is 25.8. The van der Waals surface area contributed by atoms with Crippen molar-refractivity contribution in [1.82, 2.24) is 5.32 Å². The molecule has 0 saturated heterocycles. The summed E-state index contributed by atoms with van der Waals surface area (Å²) in [6.07, 6.45) is 2.51. The van der Waals surface area contributed by atoms with E-state index in [9.17, 15) is 18.7 Å². The lowest BCUT2D eigenvalue weighted by molar-refractivity contribution is 0.0829. The summed E-state index contributed by atoms with van der Waals surface area (Å²) < 4.78 is 26.5. The molecule has 2 atom stereocenters. The molecular formula is C14H16BrF2NO2. The number of carbonyl (C=O) groups is 1. The molecule has 0 bridgehead atoms. The summed E-state index contributed by atoms with van der Waals surface area (Å²) in [6.45, 7) is 1.89. The summed E-state index contributed by atoms with van der Waals surface area (Å²) in [5.74, 6) is -2.54. The van der Waals surface area contributed by atoms with Gasteiger partial charge in [0.15, 0.2) is 11.6 Å². The van der Waals surface area contributed by atoms with Gasteiger partial charge in [0.2, 0.25) is 0 Å². The first-order chi connectivity index (χ1) is 9.37. The molecule has 1 aliphatic rings. The van der Waals surface area contributed by atoms with Crippen LogP contribution in [0.15, 0.2) is 16.6 Å². The molecule has 0 aromatic heterocycles. The number of benzene rings is 1. The minimum atomic E-state index is -1.06. The standard InChI is InChI=1S/C14H16BrF2NO2/c1-14(7-19)4-2-3-12(14)18-13(20)8-5-10(16)11(17)6-9(8)15/h5-6,12,19H,2-4,7H2,1H3,(H,18,20)/t12-,14-/m0/s1. The highest BCUT2D eigenvalue weighted by molar-refractivity contribution is 9.10. The first-order valence-corrected chi connectivity index (χ1v) is 7.23. The predicted molar refractivity (Wildman–Crippen MR) is 74.4 cm³/mol. The lowest BCUT2D eigenvalue weighted by atomic mass is 9.85. The first-order valence-electron chi connectivity index (χ1n) is 6.43. The lowest BCUT2D eigenvalue weighted by Gasteiger charge is -2.30. The van der Waals surface area contributed by atoms with Crippen molar-refractivity contribution >= 4 is 21.8 Å². The van der Waals surface area contributed by atoms with Crippen LogP contribution < -0.4 is 5.32 Å². The molecule has 0 spiro atoms. The second kappa shape index (κ2) is 5.77. The average molecular weight is 348 g/mol. The van der Waals surface area contributed by atoms with E-state index in [0.29, 0.717) is 0 Å². The fourth-order valence-electron chi connectivity index (χ4n) is 2.60. The van der Waals surface area contributed by atoms with E-state index in [2.05, 4.69) is 21.2 Å². The van der Waals surface area contributed by atoms with Crippen LogP contribution in [0.3, 0.4) is 0 Å². The van der Waals surface area contributed by atoms with Crippen LogP contribution in [0.1, 0.15) is 36.5 Å². The second-order valence-electron chi connectivity index (χ2n) is 5.48. The molecule has 2 rings (SSSR count). The Balaban J connectivity index is 2.19. The third-order valence-corrected chi connectivity index (χ3v) is 4.66. The zero-order chi connectivity index (χ0) is 14.9. The molecule has 6 heteroatoms. The van der Waals surface area contributed by atoms with Gasteiger partial charge < -0.3 is 10.4 Å². The Kier molecular flexibility index (Phi) is 4.44. The van der Waals surface area contributed by atoms with Crippen molar-refractivity contribution in [3.8, 4) is 0 Å². The molecule has 2 N–H and O–H groups in total. The first kappa shape index (κ1) is 15.4. The van der Waals surface area contributed by atoms with Gasteiger partial charge in [0.05, 0.1) is 12.2 Å². The number of rotatable bonds is 3. The van der Waals surface area contributed by atoms with Crippen molar-refractivity contribution in [3.05, 3.63) is 33.8 Å². The van der Waals surface area contributed by atoms with Crippen LogP contribution in [0.5, 0.6) is 0 Å². The van der Waals surface area contributed by atoms with Crippen molar-refractivity contribution in [2.75, 3.05) is 6.61 Å². The quantitative estimate of drug-likeness (QED) is 0.825. The lowest BCUT2D eigenvalue weighted by Crippen LogP contribution is -2.44. The van der Waals surface area contributed by atoms with Gasteiger partial charge in [-0.25, -0.2) is 8.78 Å². The third-order valence-electron chi connectivity index (χ3n) is 4.00. The summed E-state index contributed by atoms with van der Waals surface area (Å²) in [6, 6.07) is 1.64. The zero-order valence-electron chi connectivity index (χ0n) is 11.0. The molecule has 0 heterocycles. The largest absolute Gasteiger partial charge is 0.396 e. The highest BCUT2D eigenvalue weighted by atomic mass is 79.9. The van der Waals surface area contributed by atoms with Gasteiger partial charge in [-0.05, 0) is 40.9 Å². The van der Waals surface area contributed by atoms with Gasteiger partial charge in [0.1, 0.15) is 0 Å². The van der Waals surface area contributed by atoms with Gasteiger partial charge in [0, 0.05) is 15.9 Å². The van der Waals surface area contributed by atoms with Gasteiger partial charge in [-0.3, -0.25) is 4.79 Å². The number of amides is 1. The summed E-state index contributed by atoms with van der Waals surface area (Å²) in [5, 5.41) is 12.3. The van der Waals surface area contributed by atoms with Crippen LogP contribution in [0.2, 0.25) is 0 Å². The molecule has 1 fully saturated rings. The van der Waals surface area contributed by atoms with Gasteiger partial charge in [-0.2, -0.15) is 0 Å². The molecule has 0 aliphatic heterocycles. The molecule has 0 unspecified atom stereocenters. The van der Waals surface area contributed by atoms with Crippen LogP contribution in [-0.4, -0.2) is 23.7 Å². The van der Waals surface area contributed by atoms with Crippen LogP contribution >= 0.6 is 15.9 Å². The van der Waals surface area contributed by atoms with Crippen LogP contribution in [-0.2, 0) is 0 Å². The molecule has 20 heavy (non-hydrogen) atoms. The van der Waals surface area contributed by atoms with Crippen molar-refractivity contribution in [2.24, 2.45) is 5.41 Å². The van der Waals surface area contributed by atoms with E-state index < -0.39 is 17.5 Å². The Morgan fingerprint density at radius 1 is 1.50 bits per heavy atom. The molecule has 0 radical (unpaired) electrons. The number of halogens is 3. The molecule has 1 aliphatic carbocycles. The van der Waals surface area contributed by atoms with Crippen molar-refractivity contribution < 1.29 is 18.7 Å². The fourth-order valence-corrected chi connectivity index (χ4v) is 3.10. The smallest absolute Gasteiger partial charge is 0.252 e. The number of aliphatic hydroxyl groups is 1. The Bertz CT molecular complexity index is 538. The van der Waals surface area contributed by atoms with Gasteiger partial charge >= 0.3 is 0 Å². The molecule has 3 nitrogen and oxygen atoms in total. The van der Waals surface area contributed by atoms with Crippen LogP contribution in [0, 0.1) is 17.0 Å². The number of aliphatic hydroxyl groups excluding tert-OH is 1. The summed E-state index contributed by atoms with van der Waals surface area (Å²) in [4.78, 5) is 12.2. The molecule has 1 saturated carbocycles. The van der Waals surface area contributed by atoms with E-state index in [1.54, 1.807) is 0 Å². The Labute approximate surface area is 124 Å². The maximum absolute atomic E-state index is 13.2. The highest BCUT2D eigenvalue weighted by Gasteiger charge is 2.39. The molecule has 1 aromatic rings. The molecule has 110 valence electrons. The number of hydrogen-bond donors (Lipinski definition) is 2. The minimum absolute atomic E-state index is 0.0170. The fraction of sp³-hybridized carbons (Fsp3) is 0.500. The molecule has 1 aromatic carbocycles. The predicted octanol–water partition coefficient (Wildman–Crippen LogP) is 3.01.